The summed E-state index contributed by atoms with van der Waals surface area (Å²) in [4.78, 5) is 5.04. The van der Waals surface area contributed by atoms with E-state index >= 15 is 0 Å². The molecule has 0 aromatic heterocycles. The molecule has 30 heavy (non-hydrogen) atoms. The number of benzene rings is 1. The Morgan fingerprint density at radius 3 is 1.83 bits per heavy atom. The first-order chi connectivity index (χ1) is 14.0. The molecule has 1 saturated carbocycles. The maximum atomic E-state index is 11.0. The van der Waals surface area contributed by atoms with E-state index in [9.17, 15) is 10.4 Å². The fourth-order valence-electron chi connectivity index (χ4n) is 4.97. The molecule has 1 fully saturated rings. The molecule has 2 N–H and O–H groups in total. The van der Waals surface area contributed by atoms with Crippen molar-refractivity contribution in [1.29, 1.82) is 0 Å². The van der Waals surface area contributed by atoms with Crippen LogP contribution in [0.3, 0.4) is 0 Å². The number of aromatic hydroxyl groups is 1. The second-order valence-electron chi connectivity index (χ2n) is 11.7. The Hall–Kier alpha value is -1.06. The zero-order chi connectivity index (χ0) is 22.5. The highest BCUT2D eigenvalue weighted by Gasteiger charge is 2.30. The summed E-state index contributed by atoms with van der Waals surface area (Å²) < 4.78 is 0. The zero-order valence-electron chi connectivity index (χ0n) is 20.6. The van der Waals surface area contributed by atoms with Gasteiger partial charge in [0.15, 0.2) is 0 Å². The summed E-state index contributed by atoms with van der Waals surface area (Å²) >= 11 is 0. The number of phenolic OH excluding ortho intramolecular Hbond substituents is 1. The molecule has 0 bridgehead atoms. The van der Waals surface area contributed by atoms with E-state index in [1.54, 1.807) is 0 Å². The van der Waals surface area contributed by atoms with Gasteiger partial charge in [0.05, 0.1) is 0 Å². The third-order valence-electron chi connectivity index (χ3n) is 6.98. The van der Waals surface area contributed by atoms with Gasteiger partial charge in [-0.15, -0.1) is 0 Å². The number of rotatable bonds is 8. The summed E-state index contributed by atoms with van der Waals surface area (Å²) in [6.07, 6.45) is 11.0. The summed E-state index contributed by atoms with van der Waals surface area (Å²) in [5.41, 5.74) is 2.46. The minimum absolute atomic E-state index is 0.184. The van der Waals surface area contributed by atoms with Crippen molar-refractivity contribution in [3.63, 3.8) is 0 Å². The first-order valence-corrected chi connectivity index (χ1v) is 12.2. The molecule has 1 aliphatic rings. The third kappa shape index (κ3) is 6.72. The van der Waals surface area contributed by atoms with Crippen molar-refractivity contribution in [2.75, 3.05) is 0 Å². The van der Waals surface area contributed by atoms with Crippen LogP contribution in [-0.2, 0) is 15.7 Å². The fourth-order valence-corrected chi connectivity index (χ4v) is 4.97. The fraction of sp³-hybridized carbons (Fsp3) is 0.778. The van der Waals surface area contributed by atoms with E-state index in [1.807, 2.05) is 12.1 Å². The van der Waals surface area contributed by atoms with Gasteiger partial charge in [0, 0.05) is 0 Å². The van der Waals surface area contributed by atoms with E-state index in [0.717, 1.165) is 29.0 Å². The Kier molecular flexibility index (Phi) is 8.82. The van der Waals surface area contributed by atoms with Crippen LogP contribution in [0.15, 0.2) is 12.1 Å². The molecule has 1 aromatic carbocycles. The van der Waals surface area contributed by atoms with Gasteiger partial charge >= 0.3 is 0 Å². The molecule has 0 amide bonds. The zero-order valence-corrected chi connectivity index (χ0v) is 20.6. The number of hydrogen-bond acceptors (Lipinski definition) is 3. The summed E-state index contributed by atoms with van der Waals surface area (Å²) in [6.45, 7) is 15.0. The van der Waals surface area contributed by atoms with Crippen molar-refractivity contribution in [3.05, 3.63) is 28.8 Å². The Balaban J connectivity index is 2.17. The van der Waals surface area contributed by atoms with Crippen LogP contribution in [0, 0.1) is 11.8 Å². The van der Waals surface area contributed by atoms with Crippen LogP contribution >= 0.6 is 0 Å². The molecule has 1 atom stereocenters. The van der Waals surface area contributed by atoms with E-state index in [2.05, 4.69) is 48.5 Å². The first-order valence-electron chi connectivity index (χ1n) is 12.2. The average molecular weight is 419 g/mol. The Morgan fingerprint density at radius 1 is 0.900 bits per heavy atom. The second kappa shape index (κ2) is 10.5. The second-order valence-corrected chi connectivity index (χ2v) is 11.7. The summed E-state index contributed by atoms with van der Waals surface area (Å²) in [7, 11) is 0. The minimum Gasteiger partial charge on any atom is -0.507 e. The highest BCUT2D eigenvalue weighted by Crippen LogP contribution is 2.43. The van der Waals surface area contributed by atoms with Gasteiger partial charge in [-0.05, 0) is 57.9 Å². The van der Waals surface area contributed by atoms with Crippen LogP contribution in [0.2, 0.25) is 0 Å². The summed E-state index contributed by atoms with van der Waals surface area (Å²) in [5, 5.41) is 20.8. The third-order valence-corrected chi connectivity index (χ3v) is 6.98. The van der Waals surface area contributed by atoms with E-state index in [0.29, 0.717) is 11.7 Å². The topological polar surface area (TPSA) is 49.7 Å². The van der Waals surface area contributed by atoms with Gasteiger partial charge in [-0.1, -0.05) is 99.8 Å². The normalized spacial score (nSPS) is 21.6. The van der Waals surface area contributed by atoms with Crippen molar-refractivity contribution in [1.82, 2.24) is 0 Å². The van der Waals surface area contributed by atoms with Crippen molar-refractivity contribution in [2.45, 2.75) is 123 Å². The predicted molar refractivity (Wildman–Crippen MR) is 126 cm³/mol. The van der Waals surface area contributed by atoms with Gasteiger partial charge in [0.2, 0.25) is 0 Å². The van der Waals surface area contributed by atoms with Gasteiger partial charge in [-0.3, -0.25) is 5.26 Å². The van der Waals surface area contributed by atoms with Crippen molar-refractivity contribution >= 4 is 0 Å². The molecule has 0 spiro atoms. The molecule has 0 radical (unpaired) electrons. The van der Waals surface area contributed by atoms with E-state index in [4.69, 9.17) is 4.89 Å². The molecule has 0 saturated heterocycles. The van der Waals surface area contributed by atoms with Gasteiger partial charge < -0.3 is 5.11 Å². The van der Waals surface area contributed by atoms with Gasteiger partial charge in [-0.25, -0.2) is 4.89 Å². The smallest absolute Gasteiger partial charge is 0.123 e. The van der Waals surface area contributed by atoms with E-state index in [1.165, 1.54) is 51.4 Å². The van der Waals surface area contributed by atoms with Crippen LogP contribution in [-0.4, -0.2) is 10.4 Å². The van der Waals surface area contributed by atoms with Crippen LogP contribution in [0.25, 0.3) is 0 Å². The summed E-state index contributed by atoms with van der Waals surface area (Å²) in [5.74, 6) is 1.85. The lowest BCUT2D eigenvalue weighted by atomic mass is 9.75. The lowest BCUT2D eigenvalue weighted by Crippen LogP contribution is -2.20. The average Bonchev–Trinajstić information content (AvgIpc) is 2.66. The largest absolute Gasteiger partial charge is 0.507 e. The van der Waals surface area contributed by atoms with Crippen LogP contribution in [0.1, 0.15) is 129 Å². The van der Waals surface area contributed by atoms with Gasteiger partial charge in [0.1, 0.15) is 11.9 Å². The lowest BCUT2D eigenvalue weighted by molar-refractivity contribution is -0.285. The minimum atomic E-state index is -0.338. The molecule has 1 unspecified atom stereocenters. The number of hydrogen-bond donors (Lipinski definition) is 2. The Labute approximate surface area is 185 Å². The maximum Gasteiger partial charge on any atom is 0.123 e. The molecule has 3 nitrogen and oxygen atoms in total. The molecule has 0 aliphatic heterocycles. The monoisotopic (exact) mass is 418 g/mol. The number of unbranched alkanes of at least 4 members (excludes halogenated alkanes) is 2. The molecule has 1 aromatic rings. The van der Waals surface area contributed by atoms with Crippen molar-refractivity contribution in [2.24, 2.45) is 11.8 Å². The number of phenols is 1. The Morgan fingerprint density at radius 2 is 1.40 bits per heavy atom. The van der Waals surface area contributed by atoms with E-state index < -0.39 is 0 Å². The van der Waals surface area contributed by atoms with Crippen LogP contribution < -0.4 is 0 Å². The molecular formula is C27H46O3. The molecule has 172 valence electrons. The van der Waals surface area contributed by atoms with E-state index in [-0.39, 0.29) is 16.9 Å². The lowest BCUT2D eigenvalue weighted by Gasteiger charge is -2.32. The van der Waals surface area contributed by atoms with Crippen LogP contribution in [0.5, 0.6) is 5.75 Å². The highest BCUT2D eigenvalue weighted by atomic mass is 17.1. The first kappa shape index (κ1) is 25.2. The molecule has 0 heterocycles. The maximum absolute atomic E-state index is 11.0. The molecule has 3 heteroatoms. The standard InChI is InChI=1S/C27H46O3/c1-8-9-10-11-19-12-14-20(15-13-19)16-24(30-29)21-17-22(26(2,3)4)25(28)23(18-21)27(5,6)7/h17-20,24,28-29H,8-16H2,1-7H3. The van der Waals surface area contributed by atoms with Crippen LogP contribution in [0.4, 0.5) is 0 Å². The quantitative estimate of drug-likeness (QED) is 0.253. The van der Waals surface area contributed by atoms with Crippen molar-refractivity contribution in [3.8, 4) is 5.75 Å². The van der Waals surface area contributed by atoms with Gasteiger partial charge in [0.25, 0.3) is 0 Å². The van der Waals surface area contributed by atoms with Crippen molar-refractivity contribution < 1.29 is 15.3 Å². The van der Waals surface area contributed by atoms with Gasteiger partial charge in [-0.2, -0.15) is 0 Å². The SMILES string of the molecule is CCCCCC1CCC(CC(OO)c2cc(C(C)(C)C)c(O)c(C(C)(C)C)c2)CC1. The Bertz CT molecular complexity index is 623. The highest BCUT2D eigenvalue weighted by molar-refractivity contribution is 5.50. The molecular weight excluding hydrogens is 372 g/mol. The predicted octanol–water partition coefficient (Wildman–Crippen LogP) is 8.29. The molecule has 1 aliphatic carbocycles. The molecule has 2 rings (SSSR count). The summed E-state index contributed by atoms with van der Waals surface area (Å²) in [6, 6.07) is 4.09.